The maximum absolute atomic E-state index is 12.6. The number of benzene rings is 1. The van der Waals surface area contributed by atoms with Crippen molar-refractivity contribution in [1.29, 1.82) is 0 Å². The van der Waals surface area contributed by atoms with E-state index in [1.165, 1.54) is 6.07 Å². The standard InChI is InChI=1S/C16H21N5O3/c1-10-8-12(11(9-13(10)23)18-4-7-22)19-14-15(17)20-5-2-3-6-21(20)16(14)24/h7-9,18-19,23H,2-6,17H2,1H3. The number of carbonyl (C=O) groups excluding carboxylic acids is 1. The van der Waals surface area contributed by atoms with Gasteiger partial charge in [0.2, 0.25) is 0 Å². The highest BCUT2D eigenvalue weighted by Crippen LogP contribution is 2.33. The Hall–Kier alpha value is -2.90. The molecule has 8 heteroatoms. The minimum atomic E-state index is -0.167. The van der Waals surface area contributed by atoms with Gasteiger partial charge in [-0.15, -0.1) is 0 Å². The quantitative estimate of drug-likeness (QED) is 0.486. The SMILES string of the molecule is Cc1cc(Nc2c(N)n3n(c2=O)CCCC3)c(NCC=O)cc1O. The second kappa shape index (κ2) is 6.31. The molecule has 128 valence electrons. The molecule has 0 saturated heterocycles. The fourth-order valence-electron chi connectivity index (χ4n) is 2.94. The molecule has 1 aliphatic rings. The average Bonchev–Trinajstić information content (AvgIpc) is 2.82. The second-order valence-corrected chi connectivity index (χ2v) is 5.88. The zero-order chi connectivity index (χ0) is 17.3. The van der Waals surface area contributed by atoms with E-state index in [1.807, 2.05) is 0 Å². The number of rotatable bonds is 5. The van der Waals surface area contributed by atoms with Crippen LogP contribution in [0.15, 0.2) is 16.9 Å². The fourth-order valence-corrected chi connectivity index (χ4v) is 2.94. The number of nitrogens with two attached hydrogens (primary N) is 1. The first-order valence-electron chi connectivity index (χ1n) is 7.90. The number of nitrogen functional groups attached to an aromatic ring is 1. The van der Waals surface area contributed by atoms with Crippen molar-refractivity contribution in [3.8, 4) is 5.75 Å². The lowest BCUT2D eigenvalue weighted by molar-refractivity contribution is -0.106. The number of fused-ring (bicyclic) bond motifs is 1. The number of carbonyl (C=O) groups is 1. The van der Waals surface area contributed by atoms with Crippen LogP contribution >= 0.6 is 0 Å². The molecule has 5 N–H and O–H groups in total. The molecule has 0 atom stereocenters. The lowest BCUT2D eigenvalue weighted by Gasteiger charge is -2.17. The van der Waals surface area contributed by atoms with Crippen molar-refractivity contribution in [1.82, 2.24) is 9.36 Å². The third kappa shape index (κ3) is 2.70. The molecule has 1 aromatic heterocycles. The van der Waals surface area contributed by atoms with E-state index in [4.69, 9.17) is 5.73 Å². The van der Waals surface area contributed by atoms with Gasteiger partial charge in [-0.05, 0) is 31.4 Å². The highest BCUT2D eigenvalue weighted by Gasteiger charge is 2.21. The van der Waals surface area contributed by atoms with Gasteiger partial charge in [-0.1, -0.05) is 0 Å². The van der Waals surface area contributed by atoms with Crippen LogP contribution in [0.1, 0.15) is 18.4 Å². The predicted octanol–water partition coefficient (Wildman–Crippen LogP) is 1.39. The summed E-state index contributed by atoms with van der Waals surface area (Å²) in [7, 11) is 0. The van der Waals surface area contributed by atoms with Gasteiger partial charge >= 0.3 is 0 Å². The Morgan fingerprint density at radius 3 is 2.62 bits per heavy atom. The molecule has 0 aliphatic carbocycles. The van der Waals surface area contributed by atoms with Crippen molar-refractivity contribution in [3.05, 3.63) is 28.0 Å². The van der Waals surface area contributed by atoms with Crippen LogP contribution in [-0.2, 0) is 17.9 Å². The van der Waals surface area contributed by atoms with Crippen molar-refractivity contribution in [3.63, 3.8) is 0 Å². The van der Waals surface area contributed by atoms with Crippen LogP contribution in [0.3, 0.4) is 0 Å². The van der Waals surface area contributed by atoms with Crippen molar-refractivity contribution >= 4 is 29.2 Å². The summed E-state index contributed by atoms with van der Waals surface area (Å²) in [6, 6.07) is 3.23. The van der Waals surface area contributed by atoms with E-state index in [-0.39, 0.29) is 17.9 Å². The van der Waals surface area contributed by atoms with Crippen LogP contribution in [0.4, 0.5) is 22.9 Å². The van der Waals surface area contributed by atoms with Gasteiger partial charge in [0, 0.05) is 19.2 Å². The Bertz CT molecular complexity index is 837. The number of aromatic nitrogens is 2. The third-order valence-electron chi connectivity index (χ3n) is 4.24. The number of aryl methyl sites for hydroxylation is 1. The first-order chi connectivity index (χ1) is 11.5. The molecule has 0 amide bonds. The van der Waals surface area contributed by atoms with E-state index in [0.29, 0.717) is 41.5 Å². The van der Waals surface area contributed by atoms with Gasteiger partial charge < -0.3 is 26.3 Å². The number of aromatic hydroxyl groups is 1. The molecule has 1 aromatic carbocycles. The van der Waals surface area contributed by atoms with Gasteiger partial charge in [0.1, 0.15) is 23.5 Å². The average molecular weight is 331 g/mol. The molecule has 0 radical (unpaired) electrons. The second-order valence-electron chi connectivity index (χ2n) is 5.88. The number of anilines is 4. The molecule has 0 fully saturated rings. The molecule has 0 saturated carbocycles. The molecular formula is C16H21N5O3. The predicted molar refractivity (Wildman–Crippen MR) is 93.0 cm³/mol. The van der Waals surface area contributed by atoms with Gasteiger partial charge in [0.05, 0.1) is 17.9 Å². The third-order valence-corrected chi connectivity index (χ3v) is 4.24. The summed E-state index contributed by atoms with van der Waals surface area (Å²) in [5, 5.41) is 15.9. The number of hydrogen-bond acceptors (Lipinski definition) is 6. The number of aldehydes is 1. The van der Waals surface area contributed by atoms with Crippen LogP contribution in [0.2, 0.25) is 0 Å². The van der Waals surface area contributed by atoms with Crippen molar-refractivity contribution in [2.75, 3.05) is 22.9 Å². The Balaban J connectivity index is 2.02. The normalized spacial score (nSPS) is 13.4. The largest absolute Gasteiger partial charge is 0.508 e. The van der Waals surface area contributed by atoms with E-state index < -0.39 is 0 Å². The van der Waals surface area contributed by atoms with Gasteiger partial charge in [0.15, 0.2) is 0 Å². The number of nitrogens with zero attached hydrogens (tertiary/aromatic N) is 2. The minimum Gasteiger partial charge on any atom is -0.508 e. The van der Waals surface area contributed by atoms with Gasteiger partial charge in [-0.25, -0.2) is 4.68 Å². The highest BCUT2D eigenvalue weighted by atomic mass is 16.3. The maximum Gasteiger partial charge on any atom is 0.292 e. The van der Waals surface area contributed by atoms with Crippen molar-refractivity contribution < 1.29 is 9.90 Å². The molecule has 1 aliphatic heterocycles. The lowest BCUT2D eigenvalue weighted by atomic mass is 10.1. The van der Waals surface area contributed by atoms with Crippen LogP contribution in [0.5, 0.6) is 5.75 Å². The summed E-state index contributed by atoms with van der Waals surface area (Å²) in [6.07, 6.45) is 2.66. The summed E-state index contributed by atoms with van der Waals surface area (Å²) < 4.78 is 3.44. The Morgan fingerprint density at radius 1 is 1.25 bits per heavy atom. The Kier molecular flexibility index (Phi) is 4.20. The molecule has 24 heavy (non-hydrogen) atoms. The first-order valence-corrected chi connectivity index (χ1v) is 7.90. The number of phenols is 1. The summed E-state index contributed by atoms with van der Waals surface area (Å²) in [4.78, 5) is 23.2. The molecule has 2 heterocycles. The smallest absolute Gasteiger partial charge is 0.292 e. The summed E-state index contributed by atoms with van der Waals surface area (Å²) in [6.45, 7) is 3.21. The Morgan fingerprint density at radius 2 is 1.96 bits per heavy atom. The fraction of sp³-hybridized carbons (Fsp3) is 0.375. The van der Waals surface area contributed by atoms with E-state index in [2.05, 4.69) is 10.6 Å². The molecule has 0 spiro atoms. The first kappa shape index (κ1) is 16.0. The summed E-state index contributed by atoms with van der Waals surface area (Å²) in [5.74, 6) is 0.501. The molecule has 8 nitrogen and oxygen atoms in total. The van der Waals surface area contributed by atoms with Gasteiger partial charge in [-0.2, -0.15) is 0 Å². The van der Waals surface area contributed by atoms with Crippen LogP contribution in [0, 0.1) is 6.92 Å². The summed E-state index contributed by atoms with van der Waals surface area (Å²) >= 11 is 0. The summed E-state index contributed by atoms with van der Waals surface area (Å²) in [5.41, 5.74) is 8.05. The molecule has 3 rings (SSSR count). The molecule has 0 unspecified atom stereocenters. The topological polar surface area (TPSA) is 114 Å². The van der Waals surface area contributed by atoms with Gasteiger partial charge in [-0.3, -0.25) is 9.48 Å². The van der Waals surface area contributed by atoms with Crippen LogP contribution in [0.25, 0.3) is 0 Å². The zero-order valence-corrected chi connectivity index (χ0v) is 13.5. The van der Waals surface area contributed by atoms with Crippen LogP contribution < -0.4 is 21.9 Å². The highest BCUT2D eigenvalue weighted by molar-refractivity contribution is 5.81. The van der Waals surface area contributed by atoms with E-state index in [9.17, 15) is 14.7 Å². The molecular weight excluding hydrogens is 310 g/mol. The minimum absolute atomic E-state index is 0.0951. The molecule has 0 bridgehead atoms. The Labute approximate surface area is 138 Å². The van der Waals surface area contributed by atoms with E-state index >= 15 is 0 Å². The van der Waals surface area contributed by atoms with Gasteiger partial charge in [0.25, 0.3) is 5.56 Å². The number of hydrogen-bond donors (Lipinski definition) is 4. The zero-order valence-electron chi connectivity index (χ0n) is 13.5. The van der Waals surface area contributed by atoms with E-state index in [0.717, 1.165) is 19.1 Å². The monoisotopic (exact) mass is 331 g/mol. The van der Waals surface area contributed by atoms with E-state index in [1.54, 1.807) is 22.4 Å². The lowest BCUT2D eigenvalue weighted by Crippen LogP contribution is -2.27. The number of nitrogens with one attached hydrogen (secondary N) is 2. The molecule has 2 aromatic rings. The van der Waals surface area contributed by atoms with Crippen molar-refractivity contribution in [2.45, 2.75) is 32.9 Å². The maximum atomic E-state index is 12.6. The van der Waals surface area contributed by atoms with Crippen LogP contribution in [-0.4, -0.2) is 27.3 Å². The van der Waals surface area contributed by atoms with Crippen molar-refractivity contribution in [2.24, 2.45) is 0 Å². The number of phenolic OH excluding ortho intramolecular Hbond substituents is 1.